The lowest BCUT2D eigenvalue weighted by molar-refractivity contribution is -0.145. The van der Waals surface area contributed by atoms with Crippen LogP contribution in [0.25, 0.3) is 0 Å². The van der Waals surface area contributed by atoms with E-state index in [9.17, 15) is 9.59 Å². The molecule has 0 aromatic heterocycles. The van der Waals surface area contributed by atoms with E-state index < -0.39 is 12.0 Å². The number of hydrogen-bond donors (Lipinski definition) is 1. The third-order valence-electron chi connectivity index (χ3n) is 4.16. The van der Waals surface area contributed by atoms with Crippen molar-refractivity contribution < 1.29 is 19.1 Å². The molecule has 0 bridgehead atoms. The van der Waals surface area contributed by atoms with Crippen LogP contribution in [-0.2, 0) is 25.5 Å². The molecule has 2 atom stereocenters. The van der Waals surface area contributed by atoms with Gasteiger partial charge in [0.05, 0.1) is 19.6 Å². The van der Waals surface area contributed by atoms with E-state index in [4.69, 9.17) is 9.47 Å². The van der Waals surface area contributed by atoms with Crippen LogP contribution >= 0.6 is 0 Å². The Bertz CT molecular complexity index is 529. The summed E-state index contributed by atoms with van der Waals surface area (Å²) in [7, 11) is 1.34. The molecular weight excluding hydrogens is 282 g/mol. The Morgan fingerprint density at radius 3 is 2.59 bits per heavy atom. The molecule has 1 fully saturated rings. The van der Waals surface area contributed by atoms with Gasteiger partial charge in [-0.1, -0.05) is 18.2 Å². The zero-order chi connectivity index (χ0) is 16.1. The molecule has 1 aliphatic heterocycles. The average Bonchev–Trinajstić information content (AvgIpc) is 3.03. The van der Waals surface area contributed by atoms with Gasteiger partial charge < -0.3 is 14.8 Å². The summed E-state index contributed by atoms with van der Waals surface area (Å²) in [6, 6.07) is 5.32. The number of rotatable bonds is 5. The van der Waals surface area contributed by atoms with Crippen LogP contribution in [0.2, 0.25) is 0 Å². The van der Waals surface area contributed by atoms with Crippen LogP contribution < -0.4 is 5.32 Å². The number of amides is 1. The third-order valence-corrected chi connectivity index (χ3v) is 4.16. The molecule has 1 saturated heterocycles. The van der Waals surface area contributed by atoms with Gasteiger partial charge in [-0.15, -0.1) is 0 Å². The monoisotopic (exact) mass is 305 g/mol. The van der Waals surface area contributed by atoms with E-state index >= 15 is 0 Å². The van der Waals surface area contributed by atoms with E-state index in [-0.39, 0.29) is 11.8 Å². The summed E-state index contributed by atoms with van der Waals surface area (Å²) in [5.41, 5.74) is 3.28. The summed E-state index contributed by atoms with van der Waals surface area (Å²) in [6.45, 7) is 5.02. The molecule has 0 unspecified atom stereocenters. The van der Waals surface area contributed by atoms with Crippen LogP contribution in [0.5, 0.6) is 0 Å². The molecule has 0 aliphatic carbocycles. The second-order valence-corrected chi connectivity index (χ2v) is 5.72. The van der Waals surface area contributed by atoms with Crippen molar-refractivity contribution in [1.82, 2.24) is 5.32 Å². The summed E-state index contributed by atoms with van der Waals surface area (Å²) in [5.74, 6) is -0.737. The minimum absolute atomic E-state index is 0.140. The highest BCUT2D eigenvalue weighted by molar-refractivity contribution is 5.86. The molecule has 120 valence electrons. The second kappa shape index (κ2) is 7.40. The number of benzene rings is 1. The minimum Gasteiger partial charge on any atom is -0.467 e. The molecule has 1 aromatic carbocycles. The van der Waals surface area contributed by atoms with Crippen LogP contribution in [-0.4, -0.2) is 38.2 Å². The molecule has 0 spiro atoms. The highest BCUT2D eigenvalue weighted by Gasteiger charge is 2.29. The van der Waals surface area contributed by atoms with Gasteiger partial charge in [-0.2, -0.15) is 0 Å². The zero-order valence-corrected chi connectivity index (χ0v) is 13.3. The van der Waals surface area contributed by atoms with E-state index in [1.54, 1.807) is 0 Å². The van der Waals surface area contributed by atoms with Crippen molar-refractivity contribution in [1.29, 1.82) is 0 Å². The molecule has 1 aromatic rings. The highest BCUT2D eigenvalue weighted by atomic mass is 16.5. The van der Waals surface area contributed by atoms with Gasteiger partial charge >= 0.3 is 5.97 Å². The van der Waals surface area contributed by atoms with E-state index in [0.29, 0.717) is 26.1 Å². The van der Waals surface area contributed by atoms with Crippen LogP contribution in [0.15, 0.2) is 18.2 Å². The third kappa shape index (κ3) is 3.85. The van der Waals surface area contributed by atoms with Gasteiger partial charge in [0.25, 0.3) is 0 Å². The maximum atomic E-state index is 12.2. The fourth-order valence-electron chi connectivity index (χ4n) is 2.74. The van der Waals surface area contributed by atoms with Gasteiger partial charge in [-0.3, -0.25) is 4.79 Å². The van der Waals surface area contributed by atoms with E-state index in [2.05, 4.69) is 5.32 Å². The molecule has 2 rings (SSSR count). The van der Waals surface area contributed by atoms with Crippen LogP contribution in [0, 0.1) is 19.8 Å². The van der Waals surface area contributed by atoms with E-state index in [0.717, 1.165) is 16.7 Å². The summed E-state index contributed by atoms with van der Waals surface area (Å²) in [6.07, 6.45) is 1.13. The number of esters is 1. The molecule has 0 saturated carbocycles. The number of carbonyl (C=O) groups is 2. The highest BCUT2D eigenvalue weighted by Crippen LogP contribution is 2.17. The molecule has 1 aliphatic rings. The smallest absolute Gasteiger partial charge is 0.328 e. The largest absolute Gasteiger partial charge is 0.467 e. The Morgan fingerprint density at radius 2 is 2.05 bits per heavy atom. The van der Waals surface area contributed by atoms with Gasteiger partial charge in [-0.25, -0.2) is 4.79 Å². The molecule has 5 nitrogen and oxygen atoms in total. The number of ether oxygens (including phenoxy) is 2. The lowest BCUT2D eigenvalue weighted by Gasteiger charge is -2.20. The van der Waals surface area contributed by atoms with Gasteiger partial charge in [0.1, 0.15) is 6.04 Å². The number of hydrogen-bond acceptors (Lipinski definition) is 4. The SMILES string of the molecule is COC(=O)[C@@H](Cc1c(C)cccc1C)NC(=O)[C@@H]1CCOC1. The van der Waals surface area contributed by atoms with E-state index in [1.807, 2.05) is 32.0 Å². The van der Waals surface area contributed by atoms with E-state index in [1.165, 1.54) is 7.11 Å². The Balaban J connectivity index is 2.12. The van der Waals surface area contributed by atoms with Crippen molar-refractivity contribution in [3.63, 3.8) is 0 Å². The molecule has 0 radical (unpaired) electrons. The first kappa shape index (κ1) is 16.5. The van der Waals surface area contributed by atoms with Crippen molar-refractivity contribution in [3.05, 3.63) is 34.9 Å². The quantitative estimate of drug-likeness (QED) is 0.838. The normalized spacial score (nSPS) is 18.8. The van der Waals surface area contributed by atoms with Crippen molar-refractivity contribution in [2.75, 3.05) is 20.3 Å². The fraction of sp³-hybridized carbons (Fsp3) is 0.529. The maximum absolute atomic E-state index is 12.2. The topological polar surface area (TPSA) is 64.6 Å². The lowest BCUT2D eigenvalue weighted by atomic mass is 9.96. The van der Waals surface area contributed by atoms with Crippen LogP contribution in [0.3, 0.4) is 0 Å². The Hall–Kier alpha value is -1.88. The van der Waals surface area contributed by atoms with Gasteiger partial charge in [0.2, 0.25) is 5.91 Å². The first-order valence-electron chi connectivity index (χ1n) is 7.54. The van der Waals surface area contributed by atoms with Crippen molar-refractivity contribution >= 4 is 11.9 Å². The second-order valence-electron chi connectivity index (χ2n) is 5.72. The average molecular weight is 305 g/mol. The van der Waals surface area contributed by atoms with Crippen molar-refractivity contribution in [3.8, 4) is 0 Å². The molecule has 1 amide bonds. The first-order chi connectivity index (χ1) is 10.5. The minimum atomic E-state index is -0.669. The number of aryl methyl sites for hydroxylation is 2. The molecule has 22 heavy (non-hydrogen) atoms. The predicted molar refractivity (Wildman–Crippen MR) is 82.5 cm³/mol. The number of methoxy groups -OCH3 is 1. The van der Waals surface area contributed by atoms with Gasteiger partial charge in [-0.05, 0) is 37.0 Å². The maximum Gasteiger partial charge on any atom is 0.328 e. The first-order valence-corrected chi connectivity index (χ1v) is 7.54. The zero-order valence-electron chi connectivity index (χ0n) is 13.3. The van der Waals surface area contributed by atoms with Gasteiger partial charge in [0, 0.05) is 13.0 Å². The summed E-state index contributed by atoms with van der Waals surface area (Å²) < 4.78 is 10.1. The predicted octanol–water partition coefficient (Wildman–Crippen LogP) is 1.54. The molecular formula is C17H23NO4. The van der Waals surface area contributed by atoms with Crippen molar-refractivity contribution in [2.24, 2.45) is 5.92 Å². The van der Waals surface area contributed by atoms with Crippen LogP contribution in [0.4, 0.5) is 0 Å². The Morgan fingerprint density at radius 1 is 1.36 bits per heavy atom. The molecule has 1 heterocycles. The van der Waals surface area contributed by atoms with Crippen molar-refractivity contribution in [2.45, 2.75) is 32.7 Å². The summed E-state index contributed by atoms with van der Waals surface area (Å²) in [5, 5.41) is 2.82. The standard InChI is InChI=1S/C17H23NO4/c1-11-5-4-6-12(2)14(11)9-15(17(20)21-3)18-16(19)13-7-8-22-10-13/h4-6,13,15H,7-10H2,1-3H3,(H,18,19)/t13-,15-/m1/s1. The number of nitrogens with one attached hydrogen (secondary N) is 1. The molecule has 5 heteroatoms. The lowest BCUT2D eigenvalue weighted by Crippen LogP contribution is -2.45. The van der Waals surface area contributed by atoms with Crippen LogP contribution in [0.1, 0.15) is 23.1 Å². The summed E-state index contributed by atoms with van der Waals surface area (Å²) in [4.78, 5) is 24.3. The van der Waals surface area contributed by atoms with Gasteiger partial charge in [0.15, 0.2) is 0 Å². The summed E-state index contributed by atoms with van der Waals surface area (Å²) >= 11 is 0. The fourth-order valence-corrected chi connectivity index (χ4v) is 2.74. The Kier molecular flexibility index (Phi) is 5.55. The Labute approximate surface area is 131 Å². The number of carbonyl (C=O) groups excluding carboxylic acids is 2. The molecule has 1 N–H and O–H groups in total.